The van der Waals surface area contributed by atoms with Gasteiger partial charge in [-0.25, -0.2) is 9.18 Å². The van der Waals surface area contributed by atoms with Crippen LogP contribution in [0.4, 0.5) is 33.7 Å². The minimum Gasteiger partial charge on any atom is -0.465 e. The molecule has 1 aromatic carbocycles. The van der Waals surface area contributed by atoms with E-state index in [1.807, 2.05) is 0 Å². The van der Waals surface area contributed by atoms with Gasteiger partial charge >= 0.3 is 12.3 Å². The minimum atomic E-state index is -4.83. The first-order chi connectivity index (χ1) is 18.8. The van der Waals surface area contributed by atoms with Gasteiger partial charge in [0.2, 0.25) is 5.91 Å². The number of fused-ring (bicyclic) bond motifs is 3. The summed E-state index contributed by atoms with van der Waals surface area (Å²) in [6, 6.07) is 6.20. The molecule has 2 amide bonds. The summed E-state index contributed by atoms with van der Waals surface area (Å²) < 4.78 is 59.6. The van der Waals surface area contributed by atoms with Crippen molar-refractivity contribution in [1.82, 2.24) is 10.1 Å². The molecule has 1 aromatic heterocycles. The van der Waals surface area contributed by atoms with Crippen molar-refractivity contribution < 1.29 is 41.9 Å². The first-order valence-corrected chi connectivity index (χ1v) is 13.5. The second-order valence-electron chi connectivity index (χ2n) is 12.2. The van der Waals surface area contributed by atoms with Crippen molar-refractivity contribution in [1.29, 1.82) is 0 Å². The molecule has 0 atom stereocenters. The van der Waals surface area contributed by atoms with Crippen molar-refractivity contribution in [3.05, 3.63) is 36.0 Å². The number of aromatic nitrogens is 2. The number of hydrogen-bond donors (Lipinski definition) is 3. The van der Waals surface area contributed by atoms with Crippen LogP contribution in [0.1, 0.15) is 75.9 Å². The molecule has 0 radical (unpaired) electrons. The maximum absolute atomic E-state index is 14.5. The molecule has 40 heavy (non-hydrogen) atoms. The van der Waals surface area contributed by atoms with E-state index < -0.39 is 48.2 Å². The third kappa shape index (κ3) is 4.51. The zero-order valence-electron chi connectivity index (χ0n) is 21.6. The van der Waals surface area contributed by atoms with Gasteiger partial charge in [-0.2, -0.15) is 18.2 Å². The van der Waals surface area contributed by atoms with E-state index in [-0.39, 0.29) is 29.0 Å². The summed E-state index contributed by atoms with van der Waals surface area (Å²) in [4.78, 5) is 30.7. The monoisotopic (exact) mass is 566 g/mol. The lowest BCUT2D eigenvalue weighted by Crippen LogP contribution is -2.60. The van der Waals surface area contributed by atoms with Gasteiger partial charge in [0.25, 0.3) is 5.89 Å². The highest BCUT2D eigenvalue weighted by Crippen LogP contribution is 2.59. The Morgan fingerprint density at radius 1 is 1.07 bits per heavy atom. The van der Waals surface area contributed by atoms with Gasteiger partial charge in [-0.05, 0) is 87.8 Å². The van der Waals surface area contributed by atoms with Crippen molar-refractivity contribution in [3.8, 4) is 0 Å². The molecule has 5 aliphatic rings. The number of carbonyl (C=O) groups is 2. The number of aliphatic hydroxyl groups is 1. The fourth-order valence-electron chi connectivity index (χ4n) is 6.67. The number of hydrogen-bond acceptors (Lipinski definition) is 6. The molecule has 0 aliphatic heterocycles. The van der Waals surface area contributed by atoms with Gasteiger partial charge < -0.3 is 19.6 Å². The summed E-state index contributed by atoms with van der Waals surface area (Å²) >= 11 is 0. The van der Waals surface area contributed by atoms with Crippen molar-refractivity contribution in [2.75, 3.05) is 16.8 Å². The minimum absolute atomic E-state index is 0.0326. The lowest BCUT2D eigenvalue weighted by Gasteiger charge is -2.54. The Hall–Kier alpha value is -3.22. The van der Waals surface area contributed by atoms with Crippen LogP contribution in [-0.2, 0) is 15.9 Å². The zero-order chi connectivity index (χ0) is 28.6. The lowest BCUT2D eigenvalue weighted by atomic mass is 9.53. The predicted molar refractivity (Wildman–Crippen MR) is 132 cm³/mol. The molecule has 5 saturated carbocycles. The summed E-state index contributed by atoms with van der Waals surface area (Å²) in [7, 11) is 0. The highest BCUT2D eigenvalue weighted by atomic mass is 19.4. The summed E-state index contributed by atoms with van der Waals surface area (Å²) in [5, 5.41) is 25.5. The van der Waals surface area contributed by atoms with Crippen LogP contribution < -0.4 is 10.2 Å². The molecule has 3 N–H and O–H groups in total. The van der Waals surface area contributed by atoms with Gasteiger partial charge in [-0.3, -0.25) is 10.1 Å². The van der Waals surface area contributed by atoms with Crippen LogP contribution in [0.2, 0.25) is 0 Å². The van der Waals surface area contributed by atoms with E-state index in [9.17, 15) is 32.3 Å². The Bertz CT molecular complexity index is 1310. The van der Waals surface area contributed by atoms with Crippen molar-refractivity contribution in [3.63, 3.8) is 0 Å². The fourth-order valence-corrected chi connectivity index (χ4v) is 6.67. The van der Waals surface area contributed by atoms with Crippen LogP contribution >= 0.6 is 0 Å². The van der Waals surface area contributed by atoms with Crippen LogP contribution in [0.5, 0.6) is 0 Å². The van der Waals surface area contributed by atoms with Gasteiger partial charge in [0.05, 0.1) is 0 Å². The number of amides is 2. The first-order valence-electron chi connectivity index (χ1n) is 13.5. The third-order valence-corrected chi connectivity index (χ3v) is 9.59. The second-order valence-corrected chi connectivity index (χ2v) is 12.2. The van der Waals surface area contributed by atoms with E-state index in [1.54, 1.807) is 12.1 Å². The molecular formula is C27H30F4N4O5. The van der Waals surface area contributed by atoms with E-state index in [0.717, 1.165) is 0 Å². The van der Waals surface area contributed by atoms with Gasteiger partial charge in [0.15, 0.2) is 17.1 Å². The molecule has 5 aliphatic carbocycles. The average molecular weight is 567 g/mol. The molecule has 7 rings (SSSR count). The van der Waals surface area contributed by atoms with Gasteiger partial charge in [0.1, 0.15) is 0 Å². The maximum Gasteiger partial charge on any atom is 0.417 e. The van der Waals surface area contributed by atoms with E-state index >= 15 is 0 Å². The number of benzene rings is 1. The quantitative estimate of drug-likeness (QED) is 0.380. The molecule has 0 spiro atoms. The number of nitrogens with one attached hydrogen (secondary N) is 1. The van der Waals surface area contributed by atoms with Crippen LogP contribution in [0.25, 0.3) is 0 Å². The third-order valence-electron chi connectivity index (χ3n) is 9.59. The normalized spacial score (nSPS) is 32.3. The number of rotatable bonds is 7. The number of anilines is 2. The highest BCUT2D eigenvalue weighted by molar-refractivity contribution is 5.97. The molecule has 9 nitrogen and oxygen atoms in total. The zero-order valence-corrected chi connectivity index (χ0v) is 21.6. The molecule has 216 valence electrons. The number of nitrogens with zero attached hydrogens (tertiary/aromatic N) is 3. The summed E-state index contributed by atoms with van der Waals surface area (Å²) in [6.45, 7) is 0.241. The second kappa shape index (κ2) is 8.89. The molecule has 2 bridgehead atoms. The topological polar surface area (TPSA) is 129 Å². The number of carboxylic acid groups (broad SMARTS) is 1. The number of halogens is 4. The van der Waals surface area contributed by atoms with Crippen molar-refractivity contribution >= 4 is 23.4 Å². The van der Waals surface area contributed by atoms with Crippen LogP contribution in [0.15, 0.2) is 28.8 Å². The van der Waals surface area contributed by atoms with Crippen molar-refractivity contribution in [2.45, 2.75) is 87.1 Å². The number of alkyl halides is 4. The van der Waals surface area contributed by atoms with Crippen molar-refractivity contribution in [2.24, 2.45) is 11.3 Å². The average Bonchev–Trinajstić information content (AvgIpc) is 3.42. The first kappa shape index (κ1) is 27.0. The Balaban J connectivity index is 1.22. The Morgan fingerprint density at radius 2 is 1.73 bits per heavy atom. The smallest absolute Gasteiger partial charge is 0.417 e. The van der Waals surface area contributed by atoms with E-state index in [2.05, 4.69) is 15.5 Å². The fraction of sp³-hybridized carbons (Fsp3) is 0.630. The van der Waals surface area contributed by atoms with Crippen LogP contribution in [0.3, 0.4) is 0 Å². The summed E-state index contributed by atoms with van der Waals surface area (Å²) in [6.07, 6.45) is -2.60. The van der Waals surface area contributed by atoms with E-state index in [4.69, 9.17) is 9.63 Å². The molecular weight excluding hydrogens is 536 g/mol. The van der Waals surface area contributed by atoms with Crippen LogP contribution in [-0.4, -0.2) is 50.7 Å². The highest BCUT2D eigenvalue weighted by Gasteiger charge is 2.63. The predicted octanol–water partition coefficient (Wildman–Crippen LogP) is 5.45. The molecule has 0 unspecified atom stereocenters. The molecule has 5 fully saturated rings. The lowest BCUT2D eigenvalue weighted by molar-refractivity contribution is -0.295. The Labute approximate surface area is 226 Å². The van der Waals surface area contributed by atoms with Gasteiger partial charge in [-0.15, -0.1) is 0 Å². The summed E-state index contributed by atoms with van der Waals surface area (Å²) in [5.41, 5.74) is -4.47. The largest absolute Gasteiger partial charge is 0.465 e. The summed E-state index contributed by atoms with van der Waals surface area (Å²) in [5.74, 6) is -0.997. The molecule has 2 aromatic rings. The molecule has 13 heteroatoms. The van der Waals surface area contributed by atoms with Gasteiger partial charge in [-0.1, -0.05) is 11.2 Å². The Kier molecular flexibility index (Phi) is 5.99. The maximum atomic E-state index is 14.5. The van der Waals surface area contributed by atoms with E-state index in [1.165, 1.54) is 17.0 Å². The van der Waals surface area contributed by atoms with Gasteiger partial charge in [0, 0.05) is 29.3 Å². The van der Waals surface area contributed by atoms with Crippen LogP contribution in [0, 0.1) is 11.3 Å². The SMILES string of the molecule is O=C(O)Nc1cccc(N(CC23CCC(c4noc(C5(F)CC5)n4)(CC2)CC3)C(=O)C2CC(O)(C(F)(F)F)C2)c1. The van der Waals surface area contributed by atoms with E-state index in [0.29, 0.717) is 62.9 Å². The number of carbonyl (C=O) groups excluding carboxylic acids is 1. The molecule has 1 heterocycles. The standard InChI is InChI=1S/C27H30F4N4O5/c28-25(10-11-25)21-33-20(34-40-21)24-7-4-23(5-8-24,6-9-24)15-35(18-3-1-2-17(12-18)32-22(37)38)19(36)16-13-26(39,14-16)27(29,30)31/h1-3,12,16,32,39H,4-11,13-15H2,(H,37,38). The molecule has 0 saturated heterocycles. The Morgan fingerprint density at radius 3 is 2.30 bits per heavy atom.